The normalized spacial score (nSPS) is 11.3. The molecule has 1 aromatic rings. The van der Waals surface area contributed by atoms with E-state index in [0.29, 0.717) is 11.5 Å². The minimum absolute atomic E-state index is 0.0997. The number of rotatable bonds is 4. The topological polar surface area (TPSA) is 54.2 Å². The summed E-state index contributed by atoms with van der Waals surface area (Å²) in [4.78, 5) is 5.36. The first-order chi connectivity index (χ1) is 7.42. The number of hydrazine groups is 1. The molecule has 0 unspecified atom stereocenters. The fraction of sp³-hybridized carbons (Fsp3) is 0.444. The van der Waals surface area contributed by atoms with Crippen LogP contribution in [0.2, 0.25) is 0 Å². The number of nitrogens with zero attached hydrogens (tertiary/aromatic N) is 2. The molecule has 0 saturated carbocycles. The summed E-state index contributed by atoms with van der Waals surface area (Å²) in [5.41, 5.74) is 2.97. The Labute approximate surface area is 91.2 Å². The largest absolute Gasteiger partial charge is 0.390 e. The zero-order valence-electron chi connectivity index (χ0n) is 8.75. The predicted molar refractivity (Wildman–Crippen MR) is 56.0 cm³/mol. The minimum atomic E-state index is -4.14. The van der Waals surface area contributed by atoms with Crippen molar-refractivity contribution >= 4 is 11.5 Å². The van der Waals surface area contributed by atoms with Crippen molar-refractivity contribution in [1.29, 1.82) is 0 Å². The van der Waals surface area contributed by atoms with Crippen LogP contribution in [0.15, 0.2) is 18.3 Å². The van der Waals surface area contributed by atoms with Gasteiger partial charge in [0.1, 0.15) is 5.82 Å². The van der Waals surface area contributed by atoms with Crippen LogP contribution < -0.4 is 16.2 Å². The quantitative estimate of drug-likeness (QED) is 0.615. The van der Waals surface area contributed by atoms with Crippen LogP contribution in [0.25, 0.3) is 0 Å². The molecule has 16 heavy (non-hydrogen) atoms. The van der Waals surface area contributed by atoms with E-state index in [-0.39, 0.29) is 6.54 Å². The number of alkyl halides is 3. The fourth-order valence-electron chi connectivity index (χ4n) is 1.16. The van der Waals surface area contributed by atoms with Crippen LogP contribution in [0.5, 0.6) is 0 Å². The number of hydrogen-bond acceptors (Lipinski definition) is 4. The Bertz CT molecular complexity index is 340. The van der Waals surface area contributed by atoms with E-state index in [1.807, 2.05) is 0 Å². The van der Waals surface area contributed by atoms with E-state index in [4.69, 9.17) is 5.84 Å². The molecule has 0 fully saturated rings. The molecule has 3 N–H and O–H groups in total. The first-order valence-corrected chi connectivity index (χ1v) is 4.63. The molecular formula is C9H13F3N4. The van der Waals surface area contributed by atoms with Crippen molar-refractivity contribution in [1.82, 2.24) is 4.98 Å². The number of nitrogen functional groups attached to an aromatic ring is 1. The fourth-order valence-corrected chi connectivity index (χ4v) is 1.16. The third kappa shape index (κ3) is 3.93. The number of nitrogens with two attached hydrogens (primary N) is 1. The summed E-state index contributed by atoms with van der Waals surface area (Å²) in [5.74, 6) is 5.56. The van der Waals surface area contributed by atoms with Crippen molar-refractivity contribution in [3.8, 4) is 0 Å². The average molecular weight is 234 g/mol. The van der Waals surface area contributed by atoms with Gasteiger partial charge >= 0.3 is 6.18 Å². The lowest BCUT2D eigenvalue weighted by Gasteiger charge is -2.20. The molecule has 0 aliphatic carbocycles. The third-order valence-corrected chi connectivity index (χ3v) is 2.06. The van der Waals surface area contributed by atoms with Gasteiger partial charge in [-0.05, 0) is 6.07 Å². The molecule has 7 heteroatoms. The maximum atomic E-state index is 12.0. The van der Waals surface area contributed by atoms with Crippen molar-refractivity contribution < 1.29 is 13.2 Å². The van der Waals surface area contributed by atoms with Crippen molar-refractivity contribution in [3.63, 3.8) is 0 Å². The van der Waals surface area contributed by atoms with Gasteiger partial charge in [-0.1, -0.05) is 0 Å². The molecule has 90 valence electrons. The molecule has 0 aliphatic heterocycles. The molecule has 1 aromatic heterocycles. The van der Waals surface area contributed by atoms with Gasteiger partial charge in [0.2, 0.25) is 0 Å². The van der Waals surface area contributed by atoms with Crippen LogP contribution in [0.1, 0.15) is 6.42 Å². The molecule has 0 saturated heterocycles. The van der Waals surface area contributed by atoms with Gasteiger partial charge in [0.15, 0.2) is 0 Å². The molecule has 0 atom stereocenters. The summed E-state index contributed by atoms with van der Waals surface area (Å²) in [6, 6.07) is 3.20. The van der Waals surface area contributed by atoms with E-state index in [1.165, 1.54) is 11.1 Å². The summed E-state index contributed by atoms with van der Waals surface area (Å²) in [6.07, 6.45) is -3.51. The summed E-state index contributed by atoms with van der Waals surface area (Å²) >= 11 is 0. The van der Waals surface area contributed by atoms with Gasteiger partial charge in [-0.2, -0.15) is 13.2 Å². The second-order valence-corrected chi connectivity index (χ2v) is 3.33. The van der Waals surface area contributed by atoms with Crippen LogP contribution in [-0.4, -0.2) is 24.8 Å². The number of aromatic nitrogens is 1. The standard InChI is InChI=1S/C9H13F3N4/c1-16(5-3-9(10,11)12)7-2-4-14-8(6-7)15-13/h2,4,6H,3,5,13H2,1H3,(H,14,15). The highest BCUT2D eigenvalue weighted by atomic mass is 19.4. The van der Waals surface area contributed by atoms with Crippen LogP contribution in [0.3, 0.4) is 0 Å². The first-order valence-electron chi connectivity index (χ1n) is 4.63. The lowest BCUT2D eigenvalue weighted by atomic mass is 10.3. The zero-order valence-corrected chi connectivity index (χ0v) is 8.75. The van der Waals surface area contributed by atoms with E-state index in [2.05, 4.69) is 10.4 Å². The second kappa shape index (κ2) is 5.02. The van der Waals surface area contributed by atoms with Crippen LogP contribution in [0, 0.1) is 0 Å². The van der Waals surface area contributed by atoms with Crippen molar-refractivity contribution in [2.45, 2.75) is 12.6 Å². The highest BCUT2D eigenvalue weighted by Crippen LogP contribution is 2.22. The summed E-state index contributed by atoms with van der Waals surface area (Å²) in [7, 11) is 1.58. The van der Waals surface area contributed by atoms with Crippen molar-refractivity contribution in [2.75, 3.05) is 23.9 Å². The Morgan fingerprint density at radius 3 is 2.75 bits per heavy atom. The minimum Gasteiger partial charge on any atom is -0.374 e. The van der Waals surface area contributed by atoms with Crippen molar-refractivity contribution in [2.24, 2.45) is 5.84 Å². The van der Waals surface area contributed by atoms with Crippen LogP contribution in [0.4, 0.5) is 24.7 Å². The SMILES string of the molecule is CN(CCC(F)(F)F)c1ccnc(NN)c1. The highest BCUT2D eigenvalue weighted by molar-refractivity contribution is 5.52. The second-order valence-electron chi connectivity index (χ2n) is 3.33. The van der Waals surface area contributed by atoms with Gasteiger partial charge < -0.3 is 10.3 Å². The van der Waals surface area contributed by atoms with Crippen molar-refractivity contribution in [3.05, 3.63) is 18.3 Å². The lowest BCUT2D eigenvalue weighted by Crippen LogP contribution is -2.24. The molecule has 1 heterocycles. The van der Waals surface area contributed by atoms with E-state index in [9.17, 15) is 13.2 Å². The van der Waals surface area contributed by atoms with Gasteiger partial charge in [0.05, 0.1) is 6.42 Å². The number of nitrogens with one attached hydrogen (secondary N) is 1. The van der Waals surface area contributed by atoms with Crippen LogP contribution >= 0.6 is 0 Å². The summed E-state index contributed by atoms with van der Waals surface area (Å²) in [6.45, 7) is -0.0997. The molecular weight excluding hydrogens is 221 g/mol. The maximum Gasteiger partial charge on any atom is 0.390 e. The first kappa shape index (κ1) is 12.6. The summed E-state index contributed by atoms with van der Waals surface area (Å²) < 4.78 is 36.0. The Kier molecular flexibility index (Phi) is 3.94. The van der Waals surface area contributed by atoms with E-state index in [1.54, 1.807) is 19.2 Å². The van der Waals surface area contributed by atoms with E-state index < -0.39 is 12.6 Å². The molecule has 0 radical (unpaired) electrons. The van der Waals surface area contributed by atoms with Crippen LogP contribution in [-0.2, 0) is 0 Å². The number of hydrogen-bond donors (Lipinski definition) is 2. The predicted octanol–water partition coefficient (Wildman–Crippen LogP) is 1.76. The smallest absolute Gasteiger partial charge is 0.374 e. The molecule has 0 spiro atoms. The van der Waals surface area contributed by atoms with Gasteiger partial charge in [-0.3, -0.25) is 0 Å². The van der Waals surface area contributed by atoms with Gasteiger partial charge in [0, 0.05) is 31.5 Å². The maximum absolute atomic E-state index is 12.0. The Balaban J connectivity index is 2.62. The van der Waals surface area contributed by atoms with Gasteiger partial charge in [-0.25, -0.2) is 10.8 Å². The molecule has 1 rings (SSSR count). The Morgan fingerprint density at radius 2 is 2.19 bits per heavy atom. The number of anilines is 2. The molecule has 4 nitrogen and oxygen atoms in total. The molecule has 0 aromatic carbocycles. The Morgan fingerprint density at radius 1 is 1.50 bits per heavy atom. The van der Waals surface area contributed by atoms with E-state index >= 15 is 0 Å². The third-order valence-electron chi connectivity index (χ3n) is 2.06. The van der Waals surface area contributed by atoms with E-state index in [0.717, 1.165) is 0 Å². The molecule has 0 amide bonds. The number of pyridine rings is 1. The molecule has 0 bridgehead atoms. The van der Waals surface area contributed by atoms with Gasteiger partial charge in [0.25, 0.3) is 0 Å². The Hall–Kier alpha value is -1.50. The summed E-state index contributed by atoms with van der Waals surface area (Å²) in [5, 5.41) is 0. The average Bonchev–Trinajstić information content (AvgIpc) is 2.25. The number of halogens is 3. The molecule has 0 aliphatic rings. The monoisotopic (exact) mass is 234 g/mol. The zero-order chi connectivity index (χ0) is 12.2. The van der Waals surface area contributed by atoms with Gasteiger partial charge in [-0.15, -0.1) is 0 Å². The lowest BCUT2D eigenvalue weighted by molar-refractivity contribution is -0.132. The highest BCUT2D eigenvalue weighted by Gasteiger charge is 2.27.